The van der Waals surface area contributed by atoms with Crippen molar-refractivity contribution in [1.29, 1.82) is 0 Å². The van der Waals surface area contributed by atoms with Gasteiger partial charge in [-0.3, -0.25) is 0 Å². The number of carboxylic acids is 1. The van der Waals surface area contributed by atoms with Crippen LogP contribution in [0.4, 0.5) is 11.5 Å². The zero-order valence-electron chi connectivity index (χ0n) is 9.02. The van der Waals surface area contributed by atoms with Crippen LogP contribution in [0.15, 0.2) is 36.5 Å². The van der Waals surface area contributed by atoms with Crippen molar-refractivity contribution in [3.05, 3.63) is 52.1 Å². The van der Waals surface area contributed by atoms with Gasteiger partial charge in [-0.05, 0) is 30.3 Å². The van der Waals surface area contributed by atoms with E-state index in [0.717, 1.165) is 5.69 Å². The number of carboxylic acid groups (broad SMARTS) is 1. The number of benzene rings is 1. The number of halogens is 2. The number of aromatic carboxylic acids is 1. The van der Waals surface area contributed by atoms with Gasteiger partial charge in [0.15, 0.2) is 0 Å². The van der Waals surface area contributed by atoms with Crippen molar-refractivity contribution in [3.63, 3.8) is 0 Å². The molecule has 4 nitrogen and oxygen atoms in total. The molecule has 2 rings (SSSR count). The second kappa shape index (κ2) is 5.25. The van der Waals surface area contributed by atoms with E-state index >= 15 is 0 Å². The maximum atomic E-state index is 10.7. The lowest BCUT2D eigenvalue weighted by Crippen LogP contribution is -2.00. The lowest BCUT2D eigenvalue weighted by Gasteiger charge is -2.07. The van der Waals surface area contributed by atoms with Crippen LogP contribution in [0, 0.1) is 0 Å². The van der Waals surface area contributed by atoms with Crippen LogP contribution in [0.2, 0.25) is 10.0 Å². The third-order valence-corrected chi connectivity index (χ3v) is 2.74. The number of nitrogens with one attached hydrogen (secondary N) is 1. The van der Waals surface area contributed by atoms with Crippen molar-refractivity contribution in [1.82, 2.24) is 4.98 Å². The molecule has 0 fully saturated rings. The summed E-state index contributed by atoms with van der Waals surface area (Å²) >= 11 is 11.7. The molecule has 0 saturated heterocycles. The summed E-state index contributed by atoms with van der Waals surface area (Å²) in [6.07, 6.45) is 1.24. The summed E-state index contributed by atoms with van der Waals surface area (Å²) in [6, 6.07) is 8.33. The molecule has 2 N–H and O–H groups in total. The Morgan fingerprint density at radius 3 is 2.44 bits per heavy atom. The third kappa shape index (κ3) is 2.91. The predicted molar refractivity (Wildman–Crippen MR) is 70.9 cm³/mol. The van der Waals surface area contributed by atoms with E-state index in [2.05, 4.69) is 10.3 Å². The van der Waals surface area contributed by atoms with Gasteiger partial charge in [-0.1, -0.05) is 23.2 Å². The van der Waals surface area contributed by atoms with Gasteiger partial charge in [0.1, 0.15) is 5.82 Å². The maximum Gasteiger partial charge on any atom is 0.337 e. The standard InChI is InChI=1S/C12H8Cl2N2O2/c13-8-1-3-9(4-2-8)16-11-10(14)5-7(6-15-11)12(17)18/h1-6H,(H,15,16)(H,17,18). The zero-order chi connectivity index (χ0) is 13.1. The lowest BCUT2D eigenvalue weighted by atomic mass is 10.2. The van der Waals surface area contributed by atoms with Crippen molar-refractivity contribution in [2.45, 2.75) is 0 Å². The van der Waals surface area contributed by atoms with Crippen molar-refractivity contribution in [2.75, 3.05) is 5.32 Å². The van der Waals surface area contributed by atoms with Gasteiger partial charge in [-0.2, -0.15) is 0 Å². The topological polar surface area (TPSA) is 62.2 Å². The second-order valence-corrected chi connectivity index (χ2v) is 4.34. The Balaban J connectivity index is 2.24. The third-order valence-electron chi connectivity index (χ3n) is 2.20. The van der Waals surface area contributed by atoms with Gasteiger partial charge in [-0.15, -0.1) is 0 Å². The highest BCUT2D eigenvalue weighted by atomic mass is 35.5. The molecule has 1 aromatic carbocycles. The summed E-state index contributed by atoms with van der Waals surface area (Å²) in [6.45, 7) is 0. The number of aromatic nitrogens is 1. The number of hydrogen-bond acceptors (Lipinski definition) is 3. The van der Waals surface area contributed by atoms with Crippen LogP contribution in [0.1, 0.15) is 10.4 Å². The molecule has 0 unspecified atom stereocenters. The predicted octanol–water partition coefficient (Wildman–Crippen LogP) is 3.83. The molecular weight excluding hydrogens is 275 g/mol. The largest absolute Gasteiger partial charge is 0.478 e. The highest BCUT2D eigenvalue weighted by molar-refractivity contribution is 6.33. The molecule has 1 heterocycles. The Morgan fingerprint density at radius 2 is 1.89 bits per heavy atom. The van der Waals surface area contributed by atoms with E-state index in [1.165, 1.54) is 12.3 Å². The van der Waals surface area contributed by atoms with Crippen LogP contribution in [0.5, 0.6) is 0 Å². The van der Waals surface area contributed by atoms with Crippen LogP contribution < -0.4 is 5.32 Å². The average Bonchev–Trinajstić information content (AvgIpc) is 2.34. The Hall–Kier alpha value is -1.78. The van der Waals surface area contributed by atoms with Gasteiger partial charge >= 0.3 is 5.97 Å². The van der Waals surface area contributed by atoms with Gasteiger partial charge in [0.25, 0.3) is 0 Å². The molecule has 0 aliphatic carbocycles. The minimum absolute atomic E-state index is 0.0432. The SMILES string of the molecule is O=C(O)c1cnc(Nc2ccc(Cl)cc2)c(Cl)c1. The number of anilines is 2. The van der Waals surface area contributed by atoms with Crippen LogP contribution in [0.3, 0.4) is 0 Å². The lowest BCUT2D eigenvalue weighted by molar-refractivity contribution is 0.0696. The number of pyridine rings is 1. The first-order valence-corrected chi connectivity index (χ1v) is 5.73. The van der Waals surface area contributed by atoms with Gasteiger partial charge in [0.2, 0.25) is 0 Å². The highest BCUT2D eigenvalue weighted by Gasteiger charge is 2.08. The summed E-state index contributed by atoms with van der Waals surface area (Å²) in [5.74, 6) is -0.675. The van der Waals surface area contributed by atoms with Gasteiger partial charge in [-0.25, -0.2) is 9.78 Å². The summed E-state index contributed by atoms with van der Waals surface area (Å²) in [5, 5.41) is 12.6. The van der Waals surface area contributed by atoms with E-state index in [0.29, 0.717) is 10.8 Å². The van der Waals surface area contributed by atoms with Crippen molar-refractivity contribution >= 4 is 40.7 Å². The van der Waals surface area contributed by atoms with E-state index in [1.807, 2.05) is 0 Å². The number of nitrogens with zero attached hydrogens (tertiary/aromatic N) is 1. The molecule has 1 aromatic heterocycles. The molecule has 18 heavy (non-hydrogen) atoms. The fourth-order valence-electron chi connectivity index (χ4n) is 1.32. The molecule has 6 heteroatoms. The first-order chi connectivity index (χ1) is 8.56. The molecule has 2 aromatic rings. The summed E-state index contributed by atoms with van der Waals surface area (Å²) in [5.41, 5.74) is 0.804. The molecule has 0 bridgehead atoms. The fourth-order valence-corrected chi connectivity index (χ4v) is 1.66. The van der Waals surface area contributed by atoms with Crippen LogP contribution in [-0.2, 0) is 0 Å². The molecule has 0 amide bonds. The molecule has 0 atom stereocenters. The average molecular weight is 283 g/mol. The summed E-state index contributed by atoms with van der Waals surface area (Å²) < 4.78 is 0. The first-order valence-electron chi connectivity index (χ1n) is 4.97. The van der Waals surface area contributed by atoms with E-state index in [4.69, 9.17) is 28.3 Å². The van der Waals surface area contributed by atoms with Crippen LogP contribution >= 0.6 is 23.2 Å². The number of carbonyl (C=O) groups is 1. The number of hydrogen-bond donors (Lipinski definition) is 2. The molecule has 0 aliphatic rings. The molecule has 0 aliphatic heterocycles. The zero-order valence-corrected chi connectivity index (χ0v) is 10.5. The first kappa shape index (κ1) is 12.7. The highest BCUT2D eigenvalue weighted by Crippen LogP contribution is 2.24. The van der Waals surface area contributed by atoms with Crippen molar-refractivity contribution in [2.24, 2.45) is 0 Å². The fraction of sp³-hybridized carbons (Fsp3) is 0. The van der Waals surface area contributed by atoms with Crippen LogP contribution in [0.25, 0.3) is 0 Å². The Morgan fingerprint density at radius 1 is 1.22 bits per heavy atom. The normalized spacial score (nSPS) is 10.1. The number of rotatable bonds is 3. The van der Waals surface area contributed by atoms with Gasteiger partial charge in [0.05, 0.1) is 10.6 Å². The Labute approximate surface area is 113 Å². The van der Waals surface area contributed by atoms with E-state index in [9.17, 15) is 4.79 Å². The smallest absolute Gasteiger partial charge is 0.337 e. The molecule has 0 saturated carbocycles. The Bertz CT molecular complexity index is 585. The van der Waals surface area contributed by atoms with E-state index < -0.39 is 5.97 Å². The molecule has 0 radical (unpaired) electrons. The van der Waals surface area contributed by atoms with E-state index in [1.54, 1.807) is 24.3 Å². The minimum Gasteiger partial charge on any atom is -0.478 e. The molecule has 0 spiro atoms. The van der Waals surface area contributed by atoms with Crippen LogP contribution in [-0.4, -0.2) is 16.1 Å². The maximum absolute atomic E-state index is 10.7. The monoisotopic (exact) mass is 282 g/mol. The Kier molecular flexibility index (Phi) is 3.69. The quantitative estimate of drug-likeness (QED) is 0.898. The summed E-state index contributed by atoms with van der Waals surface area (Å²) in [4.78, 5) is 14.7. The van der Waals surface area contributed by atoms with E-state index in [-0.39, 0.29) is 10.6 Å². The minimum atomic E-state index is -1.07. The van der Waals surface area contributed by atoms with Gasteiger partial charge in [0, 0.05) is 16.9 Å². The second-order valence-electron chi connectivity index (χ2n) is 3.49. The molecule has 92 valence electrons. The van der Waals surface area contributed by atoms with Gasteiger partial charge < -0.3 is 10.4 Å². The summed E-state index contributed by atoms with van der Waals surface area (Å²) in [7, 11) is 0. The molecular formula is C12H8Cl2N2O2. The van der Waals surface area contributed by atoms with Crippen molar-refractivity contribution in [3.8, 4) is 0 Å². The van der Waals surface area contributed by atoms with Crippen molar-refractivity contribution < 1.29 is 9.90 Å².